The Labute approximate surface area is 175 Å². The quantitative estimate of drug-likeness (QED) is 0.375. The molecule has 0 saturated heterocycles. The molecule has 8 heteroatoms. The average molecular weight is 427 g/mol. The fourth-order valence-corrected chi connectivity index (χ4v) is 3.56. The van der Waals surface area contributed by atoms with Crippen molar-refractivity contribution in [1.82, 2.24) is 9.97 Å². The summed E-state index contributed by atoms with van der Waals surface area (Å²) in [5.74, 6) is 1.49. The number of pyridine rings is 1. The third-order valence-corrected chi connectivity index (χ3v) is 5.20. The second kappa shape index (κ2) is 8.54. The summed E-state index contributed by atoms with van der Waals surface area (Å²) in [7, 11) is 0. The maximum absolute atomic E-state index is 12.8. The van der Waals surface area contributed by atoms with Crippen molar-refractivity contribution in [2.45, 2.75) is 12.7 Å². The van der Waals surface area contributed by atoms with Crippen molar-refractivity contribution in [2.75, 3.05) is 5.32 Å². The van der Waals surface area contributed by atoms with Crippen molar-refractivity contribution in [3.63, 3.8) is 0 Å². The zero-order valence-corrected chi connectivity index (χ0v) is 16.4. The summed E-state index contributed by atoms with van der Waals surface area (Å²) in [5, 5.41) is 3.81. The molecule has 152 valence electrons. The van der Waals surface area contributed by atoms with Crippen LogP contribution in [0, 0.1) is 0 Å². The van der Waals surface area contributed by atoms with Gasteiger partial charge in [0.2, 0.25) is 0 Å². The molecule has 1 N–H and O–H groups in total. The van der Waals surface area contributed by atoms with Gasteiger partial charge in [0.05, 0.1) is 6.54 Å². The maximum atomic E-state index is 12.8. The van der Waals surface area contributed by atoms with Crippen LogP contribution in [0.3, 0.4) is 0 Å². The minimum atomic E-state index is -4.47. The molecule has 4 nitrogen and oxygen atoms in total. The van der Waals surface area contributed by atoms with E-state index in [1.165, 1.54) is 17.4 Å². The molecule has 0 spiro atoms. The van der Waals surface area contributed by atoms with E-state index in [1.807, 2.05) is 54.6 Å². The van der Waals surface area contributed by atoms with E-state index in [0.29, 0.717) is 12.2 Å². The first-order chi connectivity index (χ1) is 14.5. The van der Waals surface area contributed by atoms with Gasteiger partial charge in [-0.3, -0.25) is 4.98 Å². The number of anilines is 1. The van der Waals surface area contributed by atoms with Crippen molar-refractivity contribution in [2.24, 2.45) is 0 Å². The number of hydrogen-bond donors (Lipinski definition) is 1. The van der Waals surface area contributed by atoms with Gasteiger partial charge in [0, 0.05) is 28.5 Å². The fourth-order valence-electron chi connectivity index (χ4n) is 2.70. The smallest absolute Gasteiger partial charge is 0.433 e. The second-order valence-corrected chi connectivity index (χ2v) is 7.47. The number of nitrogens with zero attached hydrogens (tertiary/aromatic N) is 2. The highest BCUT2D eigenvalue weighted by Crippen LogP contribution is 2.30. The Morgan fingerprint density at radius 1 is 0.900 bits per heavy atom. The van der Waals surface area contributed by atoms with Crippen molar-refractivity contribution in [3.8, 4) is 22.1 Å². The topological polar surface area (TPSA) is 47.0 Å². The molecule has 0 unspecified atom stereocenters. The van der Waals surface area contributed by atoms with Crippen LogP contribution in [0.1, 0.15) is 10.6 Å². The molecule has 2 aromatic carbocycles. The average Bonchev–Trinajstić information content (AvgIpc) is 3.22. The number of ether oxygens (including phenoxy) is 1. The molecule has 0 bridgehead atoms. The van der Waals surface area contributed by atoms with E-state index >= 15 is 0 Å². The fraction of sp³-hybridized carbons (Fsp3) is 0.0909. The van der Waals surface area contributed by atoms with E-state index in [1.54, 1.807) is 6.20 Å². The molecular weight excluding hydrogens is 411 g/mol. The monoisotopic (exact) mass is 427 g/mol. The van der Waals surface area contributed by atoms with E-state index in [9.17, 15) is 13.2 Å². The van der Waals surface area contributed by atoms with Gasteiger partial charge in [-0.25, -0.2) is 4.98 Å². The molecule has 0 radical (unpaired) electrons. The number of alkyl halides is 3. The lowest BCUT2D eigenvalue weighted by Crippen LogP contribution is -2.08. The van der Waals surface area contributed by atoms with Gasteiger partial charge in [-0.15, -0.1) is 11.3 Å². The van der Waals surface area contributed by atoms with E-state index in [4.69, 9.17) is 4.74 Å². The predicted molar refractivity (Wildman–Crippen MR) is 111 cm³/mol. The molecule has 0 aliphatic rings. The number of rotatable bonds is 6. The zero-order valence-electron chi connectivity index (χ0n) is 15.6. The van der Waals surface area contributed by atoms with Crippen LogP contribution in [0.25, 0.3) is 10.6 Å². The number of nitrogens with one attached hydrogen (secondary N) is 1. The summed E-state index contributed by atoms with van der Waals surface area (Å²) < 4.78 is 44.1. The summed E-state index contributed by atoms with van der Waals surface area (Å²) in [6.07, 6.45) is -1.61. The largest absolute Gasteiger partial charge is 0.457 e. The van der Waals surface area contributed by atoms with E-state index in [0.717, 1.165) is 39.2 Å². The predicted octanol–water partition coefficient (Wildman–Crippen LogP) is 6.63. The Kier molecular flexibility index (Phi) is 5.67. The summed E-state index contributed by atoms with van der Waals surface area (Å²) >= 11 is 1.47. The van der Waals surface area contributed by atoms with Crippen molar-refractivity contribution < 1.29 is 17.9 Å². The van der Waals surface area contributed by atoms with Crippen LogP contribution < -0.4 is 10.1 Å². The Bertz CT molecular complexity index is 1110. The Morgan fingerprint density at radius 2 is 1.63 bits per heavy atom. The SMILES string of the molecule is FC(F)(F)c1cc(NCc2cnc(-c3ccc(Oc4ccccc4)cc3)s2)ccn1. The van der Waals surface area contributed by atoms with Crippen LogP contribution >= 0.6 is 11.3 Å². The molecule has 30 heavy (non-hydrogen) atoms. The summed E-state index contributed by atoms with van der Waals surface area (Å²) in [4.78, 5) is 8.68. The minimum Gasteiger partial charge on any atom is -0.457 e. The molecule has 4 aromatic rings. The molecule has 4 rings (SSSR count). The highest BCUT2D eigenvalue weighted by Gasteiger charge is 2.32. The highest BCUT2D eigenvalue weighted by atomic mass is 32.1. The lowest BCUT2D eigenvalue weighted by molar-refractivity contribution is -0.141. The Morgan fingerprint density at radius 3 is 2.37 bits per heavy atom. The number of hydrogen-bond acceptors (Lipinski definition) is 5. The van der Waals surface area contributed by atoms with Crippen LogP contribution in [-0.2, 0) is 12.7 Å². The second-order valence-electron chi connectivity index (χ2n) is 6.35. The van der Waals surface area contributed by atoms with Gasteiger partial charge in [0.15, 0.2) is 0 Å². The highest BCUT2D eigenvalue weighted by molar-refractivity contribution is 7.15. The first-order valence-corrected chi connectivity index (χ1v) is 9.84. The molecule has 0 amide bonds. The summed E-state index contributed by atoms with van der Waals surface area (Å²) in [6, 6.07) is 19.6. The number of thiazole rings is 1. The van der Waals surface area contributed by atoms with Crippen LogP contribution in [-0.4, -0.2) is 9.97 Å². The molecule has 0 aliphatic heterocycles. The lowest BCUT2D eigenvalue weighted by atomic mass is 10.2. The van der Waals surface area contributed by atoms with Crippen molar-refractivity contribution in [1.29, 1.82) is 0 Å². The van der Waals surface area contributed by atoms with Gasteiger partial charge in [-0.2, -0.15) is 13.2 Å². The zero-order chi connectivity index (χ0) is 21.0. The van der Waals surface area contributed by atoms with Gasteiger partial charge < -0.3 is 10.1 Å². The summed E-state index contributed by atoms with van der Waals surface area (Å²) in [5.41, 5.74) is 0.375. The molecule has 0 aliphatic carbocycles. The van der Waals surface area contributed by atoms with Crippen molar-refractivity contribution >= 4 is 17.0 Å². The molecule has 0 fully saturated rings. The van der Waals surface area contributed by atoms with Crippen LogP contribution in [0.4, 0.5) is 18.9 Å². The van der Waals surface area contributed by atoms with Crippen LogP contribution in [0.5, 0.6) is 11.5 Å². The number of aromatic nitrogens is 2. The van der Waals surface area contributed by atoms with E-state index < -0.39 is 11.9 Å². The first-order valence-electron chi connectivity index (χ1n) is 9.02. The molecule has 2 heterocycles. The van der Waals surface area contributed by atoms with Crippen LogP contribution in [0.2, 0.25) is 0 Å². The van der Waals surface area contributed by atoms with E-state index in [2.05, 4.69) is 15.3 Å². The summed E-state index contributed by atoms with van der Waals surface area (Å²) in [6.45, 7) is 0.369. The van der Waals surface area contributed by atoms with Gasteiger partial charge in [-0.1, -0.05) is 18.2 Å². The van der Waals surface area contributed by atoms with Gasteiger partial charge in [-0.05, 0) is 48.5 Å². The third-order valence-electron chi connectivity index (χ3n) is 4.15. The van der Waals surface area contributed by atoms with Crippen LogP contribution in [0.15, 0.2) is 79.1 Å². The van der Waals surface area contributed by atoms with Gasteiger partial charge in [0.1, 0.15) is 22.2 Å². The van der Waals surface area contributed by atoms with E-state index in [-0.39, 0.29) is 0 Å². The van der Waals surface area contributed by atoms with Gasteiger partial charge in [0.25, 0.3) is 0 Å². The third kappa shape index (κ3) is 4.96. The Hall–Kier alpha value is -3.39. The number of para-hydroxylation sites is 1. The molecule has 2 aromatic heterocycles. The maximum Gasteiger partial charge on any atom is 0.433 e. The standard InChI is InChI=1S/C22H16F3N3OS/c23-22(24,25)20-12-16(10-11-26-20)27-13-19-14-28-21(30-19)15-6-8-18(9-7-15)29-17-4-2-1-3-5-17/h1-12,14H,13H2,(H,26,27). The number of benzene rings is 2. The normalized spacial score (nSPS) is 11.3. The first kappa shape index (κ1) is 19.9. The Balaban J connectivity index is 1.39. The van der Waals surface area contributed by atoms with Gasteiger partial charge >= 0.3 is 6.18 Å². The molecular formula is C22H16F3N3OS. The molecule has 0 atom stereocenters. The van der Waals surface area contributed by atoms with Crippen molar-refractivity contribution in [3.05, 3.63) is 89.7 Å². The molecule has 0 saturated carbocycles. The number of halogens is 3. The minimum absolute atomic E-state index is 0.356. The lowest BCUT2D eigenvalue weighted by Gasteiger charge is -2.08.